The van der Waals surface area contributed by atoms with Gasteiger partial charge in [-0.3, -0.25) is 0 Å². The summed E-state index contributed by atoms with van der Waals surface area (Å²) in [5, 5.41) is 0. The van der Waals surface area contributed by atoms with Crippen LogP contribution in [-0.2, 0) is 9.47 Å². The molecule has 96 valence electrons. The van der Waals surface area contributed by atoms with Crippen LogP contribution < -0.4 is 0 Å². The number of hydrogen-bond donors (Lipinski definition) is 0. The van der Waals surface area contributed by atoms with Gasteiger partial charge in [0.25, 0.3) is 0 Å². The fraction of sp³-hybridized carbons (Fsp3) is 1.00. The third-order valence-corrected chi connectivity index (χ3v) is 3.53. The Kier molecular flexibility index (Phi) is 7.81. The molecule has 1 aliphatic rings. The van der Waals surface area contributed by atoms with Gasteiger partial charge in [0.1, 0.15) is 0 Å². The van der Waals surface area contributed by atoms with E-state index in [-0.39, 0.29) is 0 Å². The minimum Gasteiger partial charge on any atom is -0.385 e. The molecule has 1 rings (SSSR count). The lowest BCUT2D eigenvalue weighted by Gasteiger charge is -2.31. The molecular weight excluding hydrogens is 202 g/mol. The summed E-state index contributed by atoms with van der Waals surface area (Å²) in [7, 11) is 3.57. The molecule has 3 heteroatoms. The van der Waals surface area contributed by atoms with Crippen LogP contribution in [0.5, 0.6) is 0 Å². The average molecular weight is 229 g/mol. The maximum Gasteiger partial charge on any atom is 0.0589 e. The third-order valence-electron chi connectivity index (χ3n) is 3.53. The zero-order chi connectivity index (χ0) is 11.6. The highest BCUT2D eigenvalue weighted by Crippen LogP contribution is 2.22. The minimum absolute atomic E-state index is 0.874. The lowest BCUT2D eigenvalue weighted by molar-refractivity contribution is 0.116. The second-order valence-corrected chi connectivity index (χ2v) is 4.77. The van der Waals surface area contributed by atoms with Gasteiger partial charge in [0.05, 0.1) is 6.61 Å². The standard InChI is InChI=1S/C13H27NO2/c1-15-11-4-3-5-13-6-8-14(9-7-13)10-12-16-2/h13H,3-12H2,1-2H3. The number of likely N-dealkylation sites (tertiary alicyclic amines) is 1. The summed E-state index contributed by atoms with van der Waals surface area (Å²) < 4.78 is 10.2. The number of piperidine rings is 1. The van der Waals surface area contributed by atoms with Crippen molar-refractivity contribution in [1.82, 2.24) is 4.90 Å². The largest absolute Gasteiger partial charge is 0.385 e. The van der Waals surface area contributed by atoms with Crippen LogP contribution >= 0.6 is 0 Å². The lowest BCUT2D eigenvalue weighted by atomic mass is 9.91. The normalized spacial score (nSPS) is 19.1. The summed E-state index contributed by atoms with van der Waals surface area (Å²) in [4.78, 5) is 2.52. The Morgan fingerprint density at radius 2 is 1.69 bits per heavy atom. The van der Waals surface area contributed by atoms with E-state index in [9.17, 15) is 0 Å². The lowest BCUT2D eigenvalue weighted by Crippen LogP contribution is -2.35. The molecule has 0 aromatic heterocycles. The SMILES string of the molecule is COCCCCC1CCN(CCOC)CC1. The van der Waals surface area contributed by atoms with Gasteiger partial charge < -0.3 is 14.4 Å². The molecule has 0 bridgehead atoms. The zero-order valence-electron chi connectivity index (χ0n) is 10.9. The molecule has 0 aromatic carbocycles. The Balaban J connectivity index is 1.98. The molecule has 0 aliphatic carbocycles. The molecule has 0 saturated carbocycles. The highest BCUT2D eigenvalue weighted by molar-refractivity contribution is 4.72. The van der Waals surface area contributed by atoms with Crippen LogP contribution in [0.2, 0.25) is 0 Å². The monoisotopic (exact) mass is 229 g/mol. The van der Waals surface area contributed by atoms with E-state index in [4.69, 9.17) is 9.47 Å². The molecule has 3 nitrogen and oxygen atoms in total. The van der Waals surface area contributed by atoms with E-state index in [2.05, 4.69) is 4.90 Å². The summed E-state index contributed by atoms with van der Waals surface area (Å²) in [5.74, 6) is 0.954. The summed E-state index contributed by atoms with van der Waals surface area (Å²) in [6.07, 6.45) is 6.69. The molecule has 0 N–H and O–H groups in total. The summed E-state index contributed by atoms with van der Waals surface area (Å²) >= 11 is 0. The number of unbranched alkanes of at least 4 members (excludes halogenated alkanes) is 1. The van der Waals surface area contributed by atoms with E-state index in [1.54, 1.807) is 14.2 Å². The molecule has 0 spiro atoms. The van der Waals surface area contributed by atoms with Crippen molar-refractivity contribution in [2.75, 3.05) is 47.1 Å². The molecule has 0 aromatic rings. The molecule has 0 radical (unpaired) electrons. The number of rotatable bonds is 8. The molecule has 0 atom stereocenters. The van der Waals surface area contributed by atoms with Gasteiger partial charge in [-0.25, -0.2) is 0 Å². The molecule has 1 fully saturated rings. The van der Waals surface area contributed by atoms with Crippen LogP contribution in [-0.4, -0.2) is 52.0 Å². The van der Waals surface area contributed by atoms with Crippen LogP contribution in [0.1, 0.15) is 32.1 Å². The van der Waals surface area contributed by atoms with Gasteiger partial charge in [0, 0.05) is 27.4 Å². The summed E-state index contributed by atoms with van der Waals surface area (Å²) in [6, 6.07) is 0. The molecule has 1 heterocycles. The first kappa shape index (κ1) is 13.9. The van der Waals surface area contributed by atoms with Crippen molar-refractivity contribution in [3.63, 3.8) is 0 Å². The van der Waals surface area contributed by atoms with Crippen molar-refractivity contribution in [2.45, 2.75) is 32.1 Å². The van der Waals surface area contributed by atoms with E-state index in [0.29, 0.717) is 0 Å². The predicted octanol–water partition coefficient (Wildman–Crippen LogP) is 2.16. The van der Waals surface area contributed by atoms with Gasteiger partial charge in [0.2, 0.25) is 0 Å². The Morgan fingerprint density at radius 3 is 2.31 bits per heavy atom. The second kappa shape index (κ2) is 8.97. The second-order valence-electron chi connectivity index (χ2n) is 4.77. The molecule has 0 unspecified atom stereocenters. The Morgan fingerprint density at radius 1 is 1.00 bits per heavy atom. The number of nitrogens with zero attached hydrogens (tertiary/aromatic N) is 1. The van der Waals surface area contributed by atoms with Crippen molar-refractivity contribution < 1.29 is 9.47 Å². The fourth-order valence-electron chi connectivity index (χ4n) is 2.40. The molecule has 0 amide bonds. The highest BCUT2D eigenvalue weighted by atomic mass is 16.5. The van der Waals surface area contributed by atoms with E-state index in [1.165, 1.54) is 45.2 Å². The van der Waals surface area contributed by atoms with Crippen molar-refractivity contribution >= 4 is 0 Å². The van der Waals surface area contributed by atoms with Gasteiger partial charge in [-0.1, -0.05) is 12.8 Å². The van der Waals surface area contributed by atoms with Gasteiger partial charge in [-0.05, 0) is 38.3 Å². The fourth-order valence-corrected chi connectivity index (χ4v) is 2.40. The molecule has 1 aliphatic heterocycles. The quantitative estimate of drug-likeness (QED) is 0.595. The van der Waals surface area contributed by atoms with Crippen molar-refractivity contribution in [1.29, 1.82) is 0 Å². The van der Waals surface area contributed by atoms with Gasteiger partial charge in [0.15, 0.2) is 0 Å². The third kappa shape index (κ3) is 5.83. The number of ether oxygens (including phenoxy) is 2. The van der Waals surface area contributed by atoms with E-state index in [1.807, 2.05) is 0 Å². The van der Waals surface area contributed by atoms with Crippen molar-refractivity contribution in [3.8, 4) is 0 Å². The van der Waals surface area contributed by atoms with Crippen molar-refractivity contribution in [3.05, 3.63) is 0 Å². The van der Waals surface area contributed by atoms with E-state index < -0.39 is 0 Å². The van der Waals surface area contributed by atoms with Crippen LogP contribution in [0.3, 0.4) is 0 Å². The maximum atomic E-state index is 5.11. The molecular formula is C13H27NO2. The van der Waals surface area contributed by atoms with Gasteiger partial charge >= 0.3 is 0 Å². The van der Waals surface area contributed by atoms with Gasteiger partial charge in [-0.15, -0.1) is 0 Å². The minimum atomic E-state index is 0.874. The Labute approximate surface area is 100 Å². The van der Waals surface area contributed by atoms with E-state index >= 15 is 0 Å². The van der Waals surface area contributed by atoms with E-state index in [0.717, 1.165) is 25.7 Å². The van der Waals surface area contributed by atoms with Crippen LogP contribution in [0.15, 0.2) is 0 Å². The zero-order valence-corrected chi connectivity index (χ0v) is 10.9. The maximum absolute atomic E-state index is 5.11. The van der Waals surface area contributed by atoms with Gasteiger partial charge in [-0.2, -0.15) is 0 Å². The highest BCUT2D eigenvalue weighted by Gasteiger charge is 2.18. The Hall–Kier alpha value is -0.120. The topological polar surface area (TPSA) is 21.7 Å². The van der Waals surface area contributed by atoms with Crippen LogP contribution in [0.4, 0.5) is 0 Å². The van der Waals surface area contributed by atoms with Crippen LogP contribution in [0.25, 0.3) is 0 Å². The van der Waals surface area contributed by atoms with Crippen molar-refractivity contribution in [2.24, 2.45) is 5.92 Å². The first-order valence-corrected chi connectivity index (χ1v) is 6.57. The first-order chi connectivity index (χ1) is 7.86. The molecule has 1 saturated heterocycles. The first-order valence-electron chi connectivity index (χ1n) is 6.57. The summed E-state index contributed by atoms with van der Waals surface area (Å²) in [5.41, 5.74) is 0. The average Bonchev–Trinajstić information content (AvgIpc) is 2.33. The smallest absolute Gasteiger partial charge is 0.0589 e. The van der Waals surface area contributed by atoms with Crippen LogP contribution in [0, 0.1) is 5.92 Å². The summed E-state index contributed by atoms with van der Waals surface area (Å²) in [6.45, 7) is 5.43. The number of hydrogen-bond acceptors (Lipinski definition) is 3. The Bertz CT molecular complexity index is 156. The predicted molar refractivity (Wildman–Crippen MR) is 66.8 cm³/mol. The molecule has 16 heavy (non-hydrogen) atoms. The number of methoxy groups -OCH3 is 2.